The van der Waals surface area contributed by atoms with Crippen LogP contribution in [0.1, 0.15) is 25.3 Å². The van der Waals surface area contributed by atoms with E-state index >= 15 is 0 Å². The summed E-state index contributed by atoms with van der Waals surface area (Å²) in [5.74, 6) is -0.200. The average molecular weight is 479 g/mol. The van der Waals surface area contributed by atoms with Gasteiger partial charge in [-0.25, -0.2) is 9.18 Å². The molecular weight excluding hydrogens is 451 g/mol. The lowest BCUT2D eigenvalue weighted by Crippen LogP contribution is -2.27. The third kappa shape index (κ3) is 6.50. The number of hydrogen-bond acceptors (Lipinski definition) is 6. The van der Waals surface area contributed by atoms with Crippen LogP contribution in [0.3, 0.4) is 0 Å². The monoisotopic (exact) mass is 478 g/mol. The lowest BCUT2D eigenvalue weighted by atomic mass is 10.2. The molecule has 0 aliphatic carbocycles. The molecule has 182 valence electrons. The van der Waals surface area contributed by atoms with Gasteiger partial charge in [-0.1, -0.05) is 31.2 Å². The number of oxazole rings is 1. The van der Waals surface area contributed by atoms with Crippen LogP contribution in [-0.4, -0.2) is 35.3 Å². The highest BCUT2D eigenvalue weighted by atomic mass is 19.1. The summed E-state index contributed by atoms with van der Waals surface area (Å²) in [6, 6.07) is 21.3. The Labute approximate surface area is 202 Å². The van der Waals surface area contributed by atoms with Crippen LogP contribution in [0.5, 0.6) is 11.5 Å². The Bertz CT molecular complexity index is 1220. The molecule has 0 unspecified atom stereocenters. The van der Waals surface area contributed by atoms with Gasteiger partial charge >= 0.3 is 5.97 Å². The Morgan fingerprint density at radius 3 is 2.63 bits per heavy atom. The summed E-state index contributed by atoms with van der Waals surface area (Å²) < 4.78 is 30.5. The first-order valence-electron chi connectivity index (χ1n) is 11.5. The zero-order valence-electron chi connectivity index (χ0n) is 19.4. The normalized spacial score (nSPS) is 11.8. The summed E-state index contributed by atoms with van der Waals surface area (Å²) in [6.45, 7) is 3.27. The Balaban J connectivity index is 1.47. The van der Waals surface area contributed by atoms with Crippen molar-refractivity contribution in [2.24, 2.45) is 0 Å². The predicted octanol–water partition coefficient (Wildman–Crippen LogP) is 5.68. The average Bonchev–Trinajstić information content (AvgIpc) is 3.30. The molecule has 1 N–H and O–H groups in total. The molecule has 1 heterocycles. The number of carboxylic acids is 1. The smallest absolute Gasteiger partial charge is 0.344 e. The van der Waals surface area contributed by atoms with Crippen LogP contribution in [0.15, 0.2) is 77.2 Å². The largest absolute Gasteiger partial charge is 0.494 e. The molecule has 0 aliphatic heterocycles. The number of hydrogen-bond donors (Lipinski definition) is 1. The molecule has 7 nitrogen and oxygen atoms in total. The number of aliphatic carboxylic acids is 1. The van der Waals surface area contributed by atoms with Gasteiger partial charge in [-0.15, -0.1) is 0 Å². The number of carboxylic acid groups (broad SMARTS) is 1. The number of carbonyl (C=O) groups is 1. The molecule has 0 radical (unpaired) electrons. The van der Waals surface area contributed by atoms with Crippen molar-refractivity contribution in [3.63, 3.8) is 0 Å². The zero-order chi connectivity index (χ0) is 24.6. The first-order chi connectivity index (χ1) is 17.0. The minimum atomic E-state index is -0.993. The van der Waals surface area contributed by atoms with Gasteiger partial charge in [0, 0.05) is 13.1 Å². The fraction of sp³-hybridized carbons (Fsp3) is 0.259. The number of aromatic nitrogens is 1. The summed E-state index contributed by atoms with van der Waals surface area (Å²) in [5.41, 5.74) is 2.38. The number of fused-ring (bicyclic) bond motifs is 1. The molecule has 4 aromatic rings. The molecule has 0 fully saturated rings. The Kier molecular flexibility index (Phi) is 7.82. The van der Waals surface area contributed by atoms with Gasteiger partial charge in [0.1, 0.15) is 22.8 Å². The lowest BCUT2D eigenvalue weighted by Gasteiger charge is -2.21. The quantitative estimate of drug-likeness (QED) is 0.262. The SMILES string of the molecule is CC[C@H](Oc1cccc(CN(CCCOc2ccc(F)cc2)c2nc3ccccc3o2)c1)C(=O)O. The van der Waals surface area contributed by atoms with Gasteiger partial charge in [-0.3, -0.25) is 0 Å². The van der Waals surface area contributed by atoms with Crippen LogP contribution in [-0.2, 0) is 11.3 Å². The molecule has 4 rings (SSSR count). The molecule has 0 saturated heterocycles. The van der Waals surface area contributed by atoms with Crippen LogP contribution >= 0.6 is 0 Å². The third-order valence-corrected chi connectivity index (χ3v) is 5.40. The molecule has 0 spiro atoms. The third-order valence-electron chi connectivity index (χ3n) is 5.40. The molecule has 0 amide bonds. The highest BCUT2D eigenvalue weighted by molar-refractivity contribution is 5.74. The second-order valence-electron chi connectivity index (χ2n) is 8.04. The molecule has 1 aromatic heterocycles. The number of benzene rings is 3. The maximum atomic E-state index is 13.1. The van der Waals surface area contributed by atoms with Gasteiger partial charge in [0.05, 0.1) is 6.61 Å². The van der Waals surface area contributed by atoms with E-state index < -0.39 is 12.1 Å². The molecule has 35 heavy (non-hydrogen) atoms. The Morgan fingerprint density at radius 1 is 1.09 bits per heavy atom. The molecule has 1 atom stereocenters. The second kappa shape index (κ2) is 11.4. The van der Waals surface area contributed by atoms with E-state index in [-0.39, 0.29) is 5.82 Å². The van der Waals surface area contributed by atoms with Crippen LogP contribution in [0, 0.1) is 5.82 Å². The van der Waals surface area contributed by atoms with Crippen LogP contribution in [0.25, 0.3) is 11.1 Å². The minimum absolute atomic E-state index is 0.306. The van der Waals surface area contributed by atoms with E-state index in [9.17, 15) is 14.3 Å². The van der Waals surface area contributed by atoms with E-state index in [1.807, 2.05) is 47.4 Å². The van der Waals surface area contributed by atoms with Crippen molar-refractivity contribution in [1.82, 2.24) is 4.98 Å². The van der Waals surface area contributed by atoms with E-state index in [1.165, 1.54) is 12.1 Å². The van der Waals surface area contributed by atoms with Crippen molar-refractivity contribution < 1.29 is 28.2 Å². The molecule has 3 aromatic carbocycles. The number of para-hydroxylation sites is 2. The number of nitrogens with zero attached hydrogens (tertiary/aromatic N) is 2. The van der Waals surface area contributed by atoms with Crippen molar-refractivity contribution in [2.75, 3.05) is 18.1 Å². The van der Waals surface area contributed by atoms with E-state index in [1.54, 1.807) is 25.1 Å². The molecular formula is C27H27FN2O5. The van der Waals surface area contributed by atoms with Crippen LogP contribution < -0.4 is 14.4 Å². The minimum Gasteiger partial charge on any atom is -0.494 e. The number of anilines is 1. The zero-order valence-corrected chi connectivity index (χ0v) is 19.4. The summed E-state index contributed by atoms with van der Waals surface area (Å²) in [5, 5.41) is 9.30. The number of ether oxygens (including phenoxy) is 2. The summed E-state index contributed by atoms with van der Waals surface area (Å²) >= 11 is 0. The Hall–Kier alpha value is -4.07. The van der Waals surface area contributed by atoms with Gasteiger partial charge in [0.25, 0.3) is 6.01 Å². The summed E-state index contributed by atoms with van der Waals surface area (Å²) in [6.07, 6.45) is 0.133. The fourth-order valence-corrected chi connectivity index (χ4v) is 3.62. The van der Waals surface area contributed by atoms with Crippen molar-refractivity contribution in [2.45, 2.75) is 32.4 Å². The summed E-state index contributed by atoms with van der Waals surface area (Å²) in [4.78, 5) is 18.0. The van der Waals surface area contributed by atoms with E-state index in [0.29, 0.717) is 55.6 Å². The lowest BCUT2D eigenvalue weighted by molar-refractivity contribution is -0.145. The fourth-order valence-electron chi connectivity index (χ4n) is 3.62. The van der Waals surface area contributed by atoms with E-state index in [0.717, 1.165) is 11.1 Å². The maximum Gasteiger partial charge on any atom is 0.344 e. The van der Waals surface area contributed by atoms with Gasteiger partial charge in [0.2, 0.25) is 0 Å². The molecule has 0 bridgehead atoms. The van der Waals surface area contributed by atoms with Gasteiger partial charge in [-0.2, -0.15) is 4.98 Å². The van der Waals surface area contributed by atoms with Crippen molar-refractivity contribution in [1.29, 1.82) is 0 Å². The summed E-state index contributed by atoms with van der Waals surface area (Å²) in [7, 11) is 0. The number of rotatable bonds is 12. The highest BCUT2D eigenvalue weighted by Gasteiger charge is 2.18. The van der Waals surface area contributed by atoms with E-state index in [2.05, 4.69) is 4.98 Å². The van der Waals surface area contributed by atoms with Crippen molar-refractivity contribution in [3.8, 4) is 11.5 Å². The highest BCUT2D eigenvalue weighted by Crippen LogP contribution is 2.25. The van der Waals surface area contributed by atoms with Crippen LogP contribution in [0.4, 0.5) is 10.4 Å². The standard InChI is InChI=1S/C27H27FN2O5/c1-2-24(26(31)32)34-22-8-5-7-19(17-22)18-30(27-29-23-9-3-4-10-25(23)35-27)15-6-16-33-21-13-11-20(28)12-14-21/h3-5,7-14,17,24H,2,6,15-16,18H2,1H3,(H,31,32)/t24-/m0/s1. The van der Waals surface area contributed by atoms with Gasteiger partial charge in [-0.05, 0) is 66.9 Å². The first kappa shape index (κ1) is 24.1. The van der Waals surface area contributed by atoms with Crippen LogP contribution in [0.2, 0.25) is 0 Å². The maximum absolute atomic E-state index is 13.1. The van der Waals surface area contributed by atoms with E-state index in [4.69, 9.17) is 13.9 Å². The van der Waals surface area contributed by atoms with Crippen molar-refractivity contribution in [3.05, 3.63) is 84.2 Å². The Morgan fingerprint density at radius 2 is 1.89 bits per heavy atom. The topological polar surface area (TPSA) is 85.0 Å². The number of halogens is 1. The first-order valence-corrected chi connectivity index (χ1v) is 11.5. The van der Waals surface area contributed by atoms with Crippen molar-refractivity contribution >= 4 is 23.1 Å². The van der Waals surface area contributed by atoms with Gasteiger partial charge in [0.15, 0.2) is 11.7 Å². The molecule has 0 aliphatic rings. The second-order valence-corrected chi connectivity index (χ2v) is 8.04. The van der Waals surface area contributed by atoms with Gasteiger partial charge < -0.3 is 23.9 Å². The predicted molar refractivity (Wildman–Crippen MR) is 130 cm³/mol. The molecule has 0 saturated carbocycles. The molecule has 8 heteroatoms.